The van der Waals surface area contributed by atoms with Crippen LogP contribution in [0.2, 0.25) is 0 Å². The third-order valence-corrected chi connectivity index (χ3v) is 3.44. The molecule has 0 unspecified atom stereocenters. The highest BCUT2D eigenvalue weighted by Crippen LogP contribution is 2.25. The first-order valence-electron chi connectivity index (χ1n) is 6.89. The summed E-state index contributed by atoms with van der Waals surface area (Å²) in [4.78, 5) is 12.8. The first-order chi connectivity index (χ1) is 9.54. The Balaban J connectivity index is 1.93. The molecule has 1 N–H and O–H groups in total. The van der Waals surface area contributed by atoms with Gasteiger partial charge in [-0.05, 0) is 37.6 Å². The van der Waals surface area contributed by atoms with Crippen LogP contribution in [0.5, 0.6) is 0 Å². The molecule has 1 aliphatic rings. The van der Waals surface area contributed by atoms with Crippen molar-refractivity contribution in [1.82, 2.24) is 4.90 Å². The number of aliphatic carboxylic acids is 1. The van der Waals surface area contributed by atoms with Crippen LogP contribution in [0.3, 0.4) is 0 Å². The van der Waals surface area contributed by atoms with Crippen molar-refractivity contribution >= 4 is 5.97 Å². The zero-order chi connectivity index (χ0) is 14.5. The lowest BCUT2D eigenvalue weighted by Gasteiger charge is -2.37. The standard InChI is InChI=1S/C15H20FNO3/c1-11-9-17(8-2-3-15(18)19)10-14(20-11)12-4-6-13(16)7-5-12/h4-7,11,14H,2-3,8-10H2,1H3,(H,18,19)/t11-,14+/m1/s1. The summed E-state index contributed by atoms with van der Waals surface area (Å²) in [7, 11) is 0. The first-order valence-corrected chi connectivity index (χ1v) is 6.89. The van der Waals surface area contributed by atoms with Crippen LogP contribution in [0.25, 0.3) is 0 Å². The molecule has 1 saturated heterocycles. The number of carboxylic acids is 1. The Bertz CT molecular complexity index is 449. The molecule has 0 saturated carbocycles. The van der Waals surface area contributed by atoms with Gasteiger partial charge in [0.15, 0.2) is 0 Å². The number of carbonyl (C=O) groups is 1. The number of morpholine rings is 1. The van der Waals surface area contributed by atoms with Crippen molar-refractivity contribution in [2.75, 3.05) is 19.6 Å². The molecule has 5 heteroatoms. The van der Waals surface area contributed by atoms with Gasteiger partial charge in [0.25, 0.3) is 0 Å². The maximum atomic E-state index is 12.9. The normalized spacial score (nSPS) is 23.7. The minimum Gasteiger partial charge on any atom is -0.481 e. The van der Waals surface area contributed by atoms with E-state index < -0.39 is 5.97 Å². The smallest absolute Gasteiger partial charge is 0.303 e. The van der Waals surface area contributed by atoms with Crippen molar-refractivity contribution in [2.24, 2.45) is 0 Å². The highest BCUT2D eigenvalue weighted by atomic mass is 19.1. The topological polar surface area (TPSA) is 49.8 Å². The van der Waals surface area contributed by atoms with E-state index in [2.05, 4.69) is 4.90 Å². The van der Waals surface area contributed by atoms with Crippen LogP contribution >= 0.6 is 0 Å². The number of ether oxygens (including phenoxy) is 1. The Morgan fingerprint density at radius 2 is 2.10 bits per heavy atom. The van der Waals surface area contributed by atoms with Gasteiger partial charge in [-0.1, -0.05) is 12.1 Å². The summed E-state index contributed by atoms with van der Waals surface area (Å²) < 4.78 is 18.8. The van der Waals surface area contributed by atoms with Gasteiger partial charge < -0.3 is 9.84 Å². The van der Waals surface area contributed by atoms with Gasteiger partial charge in [-0.2, -0.15) is 0 Å². The van der Waals surface area contributed by atoms with E-state index in [0.29, 0.717) is 6.42 Å². The van der Waals surface area contributed by atoms with Gasteiger partial charge in [0.2, 0.25) is 0 Å². The Morgan fingerprint density at radius 1 is 1.40 bits per heavy atom. The minimum atomic E-state index is -0.763. The van der Waals surface area contributed by atoms with Crippen LogP contribution in [-0.4, -0.2) is 41.7 Å². The quantitative estimate of drug-likeness (QED) is 0.900. The van der Waals surface area contributed by atoms with Gasteiger partial charge in [0.05, 0.1) is 12.2 Å². The molecule has 0 amide bonds. The summed E-state index contributed by atoms with van der Waals surface area (Å²) in [6, 6.07) is 6.36. The van der Waals surface area contributed by atoms with E-state index in [9.17, 15) is 9.18 Å². The number of hydrogen-bond acceptors (Lipinski definition) is 3. The molecular formula is C15H20FNO3. The fourth-order valence-corrected chi connectivity index (χ4v) is 2.54. The fourth-order valence-electron chi connectivity index (χ4n) is 2.54. The number of carboxylic acid groups (broad SMARTS) is 1. The molecule has 0 bridgehead atoms. The molecule has 0 spiro atoms. The average Bonchev–Trinajstić information content (AvgIpc) is 2.38. The fraction of sp³-hybridized carbons (Fsp3) is 0.533. The van der Waals surface area contributed by atoms with Gasteiger partial charge in [-0.25, -0.2) is 4.39 Å². The predicted molar refractivity (Wildman–Crippen MR) is 73.0 cm³/mol. The number of hydrogen-bond donors (Lipinski definition) is 1. The molecule has 4 nitrogen and oxygen atoms in total. The third-order valence-electron chi connectivity index (χ3n) is 3.44. The maximum absolute atomic E-state index is 12.9. The predicted octanol–water partition coefficient (Wildman–Crippen LogP) is 2.45. The van der Waals surface area contributed by atoms with Crippen molar-refractivity contribution < 1.29 is 19.0 Å². The van der Waals surface area contributed by atoms with Gasteiger partial charge in [-0.3, -0.25) is 9.69 Å². The second-order valence-corrected chi connectivity index (χ2v) is 5.24. The largest absolute Gasteiger partial charge is 0.481 e. The third kappa shape index (κ3) is 4.28. The number of benzene rings is 1. The monoisotopic (exact) mass is 281 g/mol. The van der Waals surface area contributed by atoms with Crippen LogP contribution < -0.4 is 0 Å². The van der Waals surface area contributed by atoms with Crippen molar-refractivity contribution in [1.29, 1.82) is 0 Å². The van der Waals surface area contributed by atoms with Gasteiger partial charge in [-0.15, -0.1) is 0 Å². The highest BCUT2D eigenvalue weighted by Gasteiger charge is 2.26. The van der Waals surface area contributed by atoms with Crippen LogP contribution in [-0.2, 0) is 9.53 Å². The lowest BCUT2D eigenvalue weighted by Crippen LogP contribution is -2.43. The van der Waals surface area contributed by atoms with Gasteiger partial charge >= 0.3 is 5.97 Å². The Kier molecular flexibility index (Phi) is 5.09. The molecule has 2 rings (SSSR count). The molecule has 110 valence electrons. The SMILES string of the molecule is C[C@@H]1CN(CCCC(=O)O)C[C@@H](c2ccc(F)cc2)O1. The average molecular weight is 281 g/mol. The number of rotatable bonds is 5. The van der Waals surface area contributed by atoms with E-state index in [-0.39, 0.29) is 24.4 Å². The summed E-state index contributed by atoms with van der Waals surface area (Å²) in [6.07, 6.45) is 0.832. The molecule has 2 atom stereocenters. The van der Waals surface area contributed by atoms with Crippen LogP contribution in [0, 0.1) is 5.82 Å². The molecule has 1 heterocycles. The Labute approximate surface area is 118 Å². The van der Waals surface area contributed by atoms with Gasteiger partial charge in [0.1, 0.15) is 5.82 Å². The summed E-state index contributed by atoms with van der Waals surface area (Å²) >= 11 is 0. The summed E-state index contributed by atoms with van der Waals surface area (Å²) in [5.74, 6) is -1.02. The highest BCUT2D eigenvalue weighted by molar-refractivity contribution is 5.66. The number of nitrogens with zero attached hydrogens (tertiary/aromatic N) is 1. The summed E-state index contributed by atoms with van der Waals surface area (Å²) in [6.45, 7) is 4.27. The molecule has 0 aliphatic carbocycles. The Morgan fingerprint density at radius 3 is 2.75 bits per heavy atom. The molecule has 1 aliphatic heterocycles. The van der Waals surface area contributed by atoms with Crippen LogP contribution in [0.1, 0.15) is 31.4 Å². The second kappa shape index (κ2) is 6.81. The van der Waals surface area contributed by atoms with Gasteiger partial charge in [0, 0.05) is 19.5 Å². The molecule has 1 aromatic carbocycles. The van der Waals surface area contributed by atoms with E-state index in [4.69, 9.17) is 9.84 Å². The van der Waals surface area contributed by atoms with Crippen molar-refractivity contribution in [3.8, 4) is 0 Å². The van der Waals surface area contributed by atoms with E-state index in [1.807, 2.05) is 6.92 Å². The lowest BCUT2D eigenvalue weighted by molar-refractivity contribution is -0.137. The molecular weight excluding hydrogens is 261 g/mol. The zero-order valence-corrected chi connectivity index (χ0v) is 11.6. The molecule has 20 heavy (non-hydrogen) atoms. The summed E-state index contributed by atoms with van der Waals surface area (Å²) in [5.41, 5.74) is 0.959. The van der Waals surface area contributed by atoms with E-state index in [0.717, 1.165) is 25.2 Å². The van der Waals surface area contributed by atoms with E-state index in [1.165, 1.54) is 12.1 Å². The Hall–Kier alpha value is -1.46. The minimum absolute atomic E-state index is 0.0795. The van der Waals surface area contributed by atoms with Crippen LogP contribution in [0.15, 0.2) is 24.3 Å². The molecule has 1 aromatic rings. The molecule has 1 fully saturated rings. The second-order valence-electron chi connectivity index (χ2n) is 5.24. The van der Waals surface area contributed by atoms with E-state index in [1.54, 1.807) is 12.1 Å². The molecule has 0 aromatic heterocycles. The summed E-state index contributed by atoms with van der Waals surface area (Å²) in [5, 5.41) is 8.67. The molecule has 0 radical (unpaired) electrons. The van der Waals surface area contributed by atoms with E-state index >= 15 is 0 Å². The number of halogens is 1. The first kappa shape index (κ1) is 14.9. The van der Waals surface area contributed by atoms with Crippen LogP contribution in [0.4, 0.5) is 4.39 Å². The van der Waals surface area contributed by atoms with Crippen molar-refractivity contribution in [2.45, 2.75) is 32.0 Å². The van der Waals surface area contributed by atoms with Crippen molar-refractivity contribution in [3.63, 3.8) is 0 Å². The lowest BCUT2D eigenvalue weighted by atomic mass is 10.1. The maximum Gasteiger partial charge on any atom is 0.303 e. The van der Waals surface area contributed by atoms with Crippen molar-refractivity contribution in [3.05, 3.63) is 35.6 Å². The zero-order valence-electron chi connectivity index (χ0n) is 11.6.